The van der Waals surface area contributed by atoms with Crippen molar-refractivity contribution in [2.75, 3.05) is 30.9 Å². The van der Waals surface area contributed by atoms with E-state index in [2.05, 4.69) is 15.1 Å². The number of ether oxygens (including phenoxy) is 1. The van der Waals surface area contributed by atoms with Crippen LogP contribution in [0.15, 0.2) is 68.7 Å². The number of nitrogens with zero attached hydrogens (tertiary/aromatic N) is 4. The van der Waals surface area contributed by atoms with Crippen LogP contribution in [-0.2, 0) is 11.3 Å². The molecule has 0 aliphatic rings. The van der Waals surface area contributed by atoms with Crippen LogP contribution in [0.3, 0.4) is 0 Å². The third kappa shape index (κ3) is 5.26. The van der Waals surface area contributed by atoms with E-state index in [1.807, 2.05) is 30.3 Å². The minimum atomic E-state index is -0.745. The molecule has 11 heteroatoms. The Labute approximate surface area is 206 Å². The number of aromatic amines is 1. The van der Waals surface area contributed by atoms with Crippen LogP contribution in [0.4, 0.5) is 11.5 Å². The summed E-state index contributed by atoms with van der Waals surface area (Å²) in [4.78, 5) is 46.9. The summed E-state index contributed by atoms with van der Waals surface area (Å²) in [7, 11) is 1.55. The van der Waals surface area contributed by atoms with Crippen LogP contribution >= 0.6 is 0 Å². The van der Waals surface area contributed by atoms with Crippen molar-refractivity contribution < 1.29 is 14.1 Å². The standard InChI is InChI=1S/C25H26N6O5/c1-16-27-23(36-29-16)18-9-11-19(12-10-18)24(33)30(13-6-14-35-2)20-21(26)31(25(34)28-22(20)32)15-17-7-4-3-5-8-17/h3-5,7-12H,6,13-15,26H2,1-2H3,(H,28,32,34). The Balaban J connectivity index is 1.72. The van der Waals surface area contributed by atoms with Gasteiger partial charge in [0, 0.05) is 31.4 Å². The maximum Gasteiger partial charge on any atom is 0.330 e. The number of hydrogen-bond acceptors (Lipinski definition) is 8. The fourth-order valence-corrected chi connectivity index (χ4v) is 3.77. The number of carbonyl (C=O) groups is 1. The van der Waals surface area contributed by atoms with Crippen LogP contribution in [0.25, 0.3) is 11.5 Å². The van der Waals surface area contributed by atoms with Gasteiger partial charge in [-0.1, -0.05) is 35.5 Å². The van der Waals surface area contributed by atoms with Gasteiger partial charge in [-0.25, -0.2) is 4.79 Å². The second-order valence-electron chi connectivity index (χ2n) is 8.09. The molecule has 0 saturated carbocycles. The lowest BCUT2D eigenvalue weighted by molar-refractivity contribution is 0.0983. The lowest BCUT2D eigenvalue weighted by Gasteiger charge is -2.24. The fraction of sp³-hybridized carbons (Fsp3) is 0.240. The number of H-pyrrole nitrogens is 1. The molecule has 1 amide bonds. The number of benzene rings is 2. The van der Waals surface area contributed by atoms with Gasteiger partial charge in [-0.05, 0) is 43.2 Å². The van der Waals surface area contributed by atoms with Gasteiger partial charge in [-0.3, -0.25) is 19.1 Å². The van der Waals surface area contributed by atoms with E-state index in [1.54, 1.807) is 38.3 Å². The predicted molar refractivity (Wildman–Crippen MR) is 134 cm³/mol. The van der Waals surface area contributed by atoms with E-state index in [-0.39, 0.29) is 24.6 Å². The summed E-state index contributed by atoms with van der Waals surface area (Å²) in [6.07, 6.45) is 0.443. The Hall–Kier alpha value is -4.51. The van der Waals surface area contributed by atoms with Gasteiger partial charge in [0.05, 0.1) is 6.54 Å². The number of carbonyl (C=O) groups excluding carboxylic acids is 1. The van der Waals surface area contributed by atoms with Crippen LogP contribution in [0.5, 0.6) is 0 Å². The normalized spacial score (nSPS) is 10.9. The molecule has 0 aliphatic carbocycles. The second kappa shape index (κ2) is 10.8. The van der Waals surface area contributed by atoms with Crippen LogP contribution in [0.2, 0.25) is 0 Å². The molecule has 3 N–H and O–H groups in total. The second-order valence-corrected chi connectivity index (χ2v) is 8.09. The molecular weight excluding hydrogens is 464 g/mol. The summed E-state index contributed by atoms with van der Waals surface area (Å²) in [5.41, 5.74) is 6.62. The molecule has 0 saturated heterocycles. The molecule has 4 aromatic rings. The van der Waals surface area contributed by atoms with Crippen molar-refractivity contribution in [3.05, 3.63) is 92.4 Å². The van der Waals surface area contributed by atoms with Crippen molar-refractivity contribution in [3.63, 3.8) is 0 Å². The molecule has 2 aromatic heterocycles. The number of nitrogens with two attached hydrogens (primary N) is 1. The summed E-state index contributed by atoms with van der Waals surface area (Å²) in [6.45, 7) is 2.35. The largest absolute Gasteiger partial charge is 0.385 e. The number of rotatable bonds is 9. The number of amides is 1. The van der Waals surface area contributed by atoms with Gasteiger partial charge in [0.2, 0.25) is 0 Å². The predicted octanol–water partition coefficient (Wildman–Crippen LogP) is 2.21. The number of methoxy groups -OCH3 is 1. The van der Waals surface area contributed by atoms with Crippen LogP contribution in [-0.4, -0.2) is 45.9 Å². The van der Waals surface area contributed by atoms with Gasteiger partial charge in [0.1, 0.15) is 5.82 Å². The average Bonchev–Trinajstić information content (AvgIpc) is 3.32. The Bertz CT molecular complexity index is 1460. The molecule has 2 heterocycles. The molecule has 36 heavy (non-hydrogen) atoms. The number of hydrogen-bond donors (Lipinski definition) is 2. The van der Waals surface area contributed by atoms with Crippen LogP contribution < -0.4 is 21.9 Å². The molecule has 0 spiro atoms. The summed E-state index contributed by atoms with van der Waals surface area (Å²) >= 11 is 0. The van der Waals surface area contributed by atoms with Gasteiger partial charge < -0.3 is 19.9 Å². The molecule has 0 unspecified atom stereocenters. The summed E-state index contributed by atoms with van der Waals surface area (Å²) < 4.78 is 11.5. The molecule has 4 rings (SSSR count). The molecule has 0 bridgehead atoms. The Morgan fingerprint density at radius 2 is 1.86 bits per heavy atom. The summed E-state index contributed by atoms with van der Waals surface area (Å²) in [6, 6.07) is 15.8. The van der Waals surface area contributed by atoms with Crippen molar-refractivity contribution in [1.29, 1.82) is 0 Å². The molecule has 0 fully saturated rings. The van der Waals surface area contributed by atoms with Crippen molar-refractivity contribution in [2.45, 2.75) is 19.9 Å². The molecule has 2 aromatic carbocycles. The van der Waals surface area contributed by atoms with E-state index in [0.717, 1.165) is 5.56 Å². The van der Waals surface area contributed by atoms with E-state index in [1.165, 1.54) is 9.47 Å². The Morgan fingerprint density at radius 3 is 2.50 bits per heavy atom. The van der Waals surface area contributed by atoms with E-state index in [9.17, 15) is 14.4 Å². The number of aromatic nitrogens is 4. The molecule has 0 atom stereocenters. The third-order valence-electron chi connectivity index (χ3n) is 5.55. The maximum atomic E-state index is 13.6. The highest BCUT2D eigenvalue weighted by Crippen LogP contribution is 2.23. The third-order valence-corrected chi connectivity index (χ3v) is 5.55. The van der Waals surface area contributed by atoms with Crippen molar-refractivity contribution in [1.82, 2.24) is 19.7 Å². The van der Waals surface area contributed by atoms with Crippen molar-refractivity contribution in [2.24, 2.45) is 0 Å². The van der Waals surface area contributed by atoms with E-state index < -0.39 is 17.2 Å². The lowest BCUT2D eigenvalue weighted by Crippen LogP contribution is -2.42. The zero-order chi connectivity index (χ0) is 25.7. The first-order valence-corrected chi connectivity index (χ1v) is 11.3. The highest BCUT2D eigenvalue weighted by atomic mass is 16.5. The van der Waals surface area contributed by atoms with E-state index >= 15 is 0 Å². The Morgan fingerprint density at radius 1 is 1.14 bits per heavy atom. The van der Waals surface area contributed by atoms with Gasteiger partial charge in [0.15, 0.2) is 11.5 Å². The van der Waals surface area contributed by atoms with Crippen LogP contribution in [0, 0.1) is 6.92 Å². The summed E-state index contributed by atoms with van der Waals surface area (Å²) in [5.74, 6) is 0.268. The van der Waals surface area contributed by atoms with Gasteiger partial charge >= 0.3 is 5.69 Å². The highest BCUT2D eigenvalue weighted by molar-refractivity contribution is 6.07. The number of nitrogen functional groups attached to an aromatic ring is 1. The van der Waals surface area contributed by atoms with E-state index in [0.29, 0.717) is 35.9 Å². The summed E-state index contributed by atoms with van der Waals surface area (Å²) in [5, 5.41) is 3.77. The molecule has 0 radical (unpaired) electrons. The quantitative estimate of drug-likeness (QED) is 0.339. The smallest absolute Gasteiger partial charge is 0.330 e. The molecule has 0 aliphatic heterocycles. The maximum absolute atomic E-state index is 13.6. The first kappa shape index (κ1) is 24.6. The lowest BCUT2D eigenvalue weighted by atomic mass is 10.1. The SMILES string of the molecule is COCCCN(C(=O)c1ccc(-c2nc(C)no2)cc1)c1c(N)n(Cc2ccccc2)c(=O)[nH]c1=O. The minimum Gasteiger partial charge on any atom is -0.385 e. The average molecular weight is 491 g/mol. The molecular formula is C25H26N6O5. The van der Waals surface area contributed by atoms with Gasteiger partial charge in [-0.15, -0.1) is 0 Å². The number of nitrogens with one attached hydrogen (secondary N) is 1. The Kier molecular flexibility index (Phi) is 7.40. The van der Waals surface area contributed by atoms with Crippen LogP contribution in [0.1, 0.15) is 28.2 Å². The minimum absolute atomic E-state index is 0.0942. The topological polar surface area (TPSA) is 149 Å². The zero-order valence-corrected chi connectivity index (χ0v) is 19.9. The molecule has 186 valence electrons. The first-order chi connectivity index (χ1) is 17.4. The first-order valence-electron chi connectivity index (χ1n) is 11.3. The fourth-order valence-electron chi connectivity index (χ4n) is 3.77. The van der Waals surface area contributed by atoms with Gasteiger partial charge in [0.25, 0.3) is 17.4 Å². The van der Waals surface area contributed by atoms with E-state index in [4.69, 9.17) is 15.0 Å². The van der Waals surface area contributed by atoms with Crippen molar-refractivity contribution in [3.8, 4) is 11.5 Å². The molecule has 11 nitrogen and oxygen atoms in total. The number of anilines is 2. The zero-order valence-electron chi connectivity index (χ0n) is 19.9. The number of aryl methyl sites for hydroxylation is 1. The van der Waals surface area contributed by atoms with Crippen molar-refractivity contribution >= 4 is 17.4 Å². The highest BCUT2D eigenvalue weighted by Gasteiger charge is 2.25. The monoisotopic (exact) mass is 490 g/mol. The van der Waals surface area contributed by atoms with Gasteiger partial charge in [-0.2, -0.15) is 4.98 Å².